The Morgan fingerprint density at radius 1 is 0.561 bits per heavy atom. The van der Waals surface area contributed by atoms with E-state index in [-0.39, 0.29) is 38.3 Å². The van der Waals surface area contributed by atoms with E-state index in [4.69, 9.17) is 15.5 Å². The fourth-order valence-corrected chi connectivity index (χ4v) is 8.97. The maximum Gasteiger partial charge on any atom is 0.148 e. The number of imidazole rings is 1. The number of phenolic OH excluding ortho intramolecular Hbond substituents is 1. The standard InChI is InChI=1S/C61H50N3O.Pt/c1-39(2)51-21-14-22-52(40(3)4)59(51)47-30-31-56(41(5)34-47)64-57-24-15-23-53(60(57)63-61(64)54-20-12-13-25-58(54)65)49-35-48(43-18-10-7-11-19-43)36-50(37-49)55-38-46(32-33-62-55)45-28-26-44(27-29-45)42-16-8-6-9-17-42;/h6-36,38-40,65H,1-5H3;/q-1;/i5D3,39D;. The summed E-state index contributed by atoms with van der Waals surface area (Å²) in [6, 6.07) is 65.7. The van der Waals surface area contributed by atoms with Gasteiger partial charge in [-0.15, -0.1) is 23.8 Å². The molecule has 1 N–H and O–H groups in total. The second-order valence-electron chi connectivity index (χ2n) is 17.1. The number of nitrogens with zero attached hydrogens (tertiary/aromatic N) is 3. The average Bonchev–Trinajstić information content (AvgIpc) is 3.75. The number of aromatic nitrogens is 3. The van der Waals surface area contributed by atoms with Crippen LogP contribution in [0.3, 0.4) is 0 Å². The Morgan fingerprint density at radius 3 is 1.86 bits per heavy atom. The van der Waals surface area contributed by atoms with Crippen LogP contribution in [0.25, 0.3) is 95.0 Å². The Balaban J connectivity index is 0.00000608. The van der Waals surface area contributed by atoms with Gasteiger partial charge in [0.2, 0.25) is 0 Å². The van der Waals surface area contributed by atoms with Crippen molar-refractivity contribution in [1.82, 2.24) is 14.5 Å². The fraction of sp³-hybridized carbons (Fsp3) is 0.115. The van der Waals surface area contributed by atoms with Crippen molar-refractivity contribution in [2.45, 2.75) is 46.4 Å². The van der Waals surface area contributed by atoms with Crippen LogP contribution in [0.15, 0.2) is 194 Å². The topological polar surface area (TPSA) is 50.9 Å². The van der Waals surface area contributed by atoms with E-state index in [0.29, 0.717) is 28.1 Å². The van der Waals surface area contributed by atoms with Crippen LogP contribution in [0, 0.1) is 12.9 Å². The molecule has 4 nitrogen and oxygen atoms in total. The Hall–Kier alpha value is -7.13. The van der Waals surface area contributed by atoms with Crippen LogP contribution in [0.1, 0.15) is 61.7 Å². The van der Waals surface area contributed by atoms with E-state index < -0.39 is 12.7 Å². The number of fused-ring (bicyclic) bond motifs is 1. The molecule has 0 saturated carbocycles. The predicted molar refractivity (Wildman–Crippen MR) is 270 cm³/mol. The monoisotopic (exact) mass is 1040 g/mol. The van der Waals surface area contributed by atoms with Crippen molar-refractivity contribution in [3.05, 3.63) is 217 Å². The summed E-state index contributed by atoms with van der Waals surface area (Å²) in [4.78, 5) is 10.2. The van der Waals surface area contributed by atoms with Crippen molar-refractivity contribution in [3.63, 3.8) is 0 Å². The number of phenols is 1. The first-order valence-corrected chi connectivity index (χ1v) is 22.1. The molecule has 5 heteroatoms. The molecule has 0 fully saturated rings. The van der Waals surface area contributed by atoms with Gasteiger partial charge < -0.3 is 5.11 Å². The zero-order valence-electron chi connectivity index (χ0n) is 41.2. The molecule has 0 aliphatic rings. The van der Waals surface area contributed by atoms with Crippen LogP contribution in [-0.4, -0.2) is 19.6 Å². The molecule has 0 unspecified atom stereocenters. The molecule has 8 aromatic carbocycles. The molecular formula is C61H50N3OPt-. The largest absolute Gasteiger partial charge is 0.507 e. The molecule has 2 heterocycles. The minimum absolute atomic E-state index is 0. The third-order valence-corrected chi connectivity index (χ3v) is 12.2. The molecular weight excluding hydrogens is 986 g/mol. The molecule has 10 aromatic rings. The molecule has 0 atom stereocenters. The minimum atomic E-state index is -2.56. The maximum absolute atomic E-state index is 11.5. The third-order valence-electron chi connectivity index (χ3n) is 12.2. The molecule has 0 amide bonds. The summed E-state index contributed by atoms with van der Waals surface area (Å²) < 4.78 is 38.0. The van der Waals surface area contributed by atoms with Gasteiger partial charge in [-0.05, 0) is 111 Å². The van der Waals surface area contributed by atoms with Crippen molar-refractivity contribution in [1.29, 1.82) is 0 Å². The molecule has 0 aliphatic carbocycles. The number of para-hydroxylation sites is 2. The zero-order valence-corrected chi connectivity index (χ0v) is 39.4. The first-order valence-electron chi connectivity index (χ1n) is 24.1. The van der Waals surface area contributed by atoms with Gasteiger partial charge in [-0.2, -0.15) is 0 Å². The molecule has 0 saturated heterocycles. The van der Waals surface area contributed by atoms with Gasteiger partial charge >= 0.3 is 0 Å². The molecule has 10 rings (SSSR count). The summed E-state index contributed by atoms with van der Waals surface area (Å²) in [5.74, 6) is -0.429. The van der Waals surface area contributed by atoms with Crippen LogP contribution in [0.4, 0.5) is 0 Å². The zero-order chi connectivity index (χ0) is 48.0. The Bertz CT molecular complexity index is 3510. The molecule has 2 aromatic heterocycles. The van der Waals surface area contributed by atoms with Gasteiger partial charge in [-0.1, -0.05) is 184 Å². The summed E-state index contributed by atoms with van der Waals surface area (Å²) in [5.41, 5.74) is 15.2. The van der Waals surface area contributed by atoms with E-state index in [9.17, 15) is 5.11 Å². The Kier molecular flexibility index (Phi) is 11.2. The number of aromatic hydroxyl groups is 1. The van der Waals surface area contributed by atoms with Crippen molar-refractivity contribution >= 4 is 11.0 Å². The van der Waals surface area contributed by atoms with Gasteiger partial charge in [0.15, 0.2) is 0 Å². The van der Waals surface area contributed by atoms with Crippen LogP contribution < -0.4 is 0 Å². The summed E-state index contributed by atoms with van der Waals surface area (Å²) in [6.45, 7) is 5.39. The van der Waals surface area contributed by atoms with Crippen molar-refractivity contribution in [2.24, 2.45) is 0 Å². The second-order valence-corrected chi connectivity index (χ2v) is 17.1. The normalized spacial score (nSPS) is 12.6. The van der Waals surface area contributed by atoms with Gasteiger partial charge in [0.25, 0.3) is 0 Å². The minimum Gasteiger partial charge on any atom is -0.507 e. The fourth-order valence-electron chi connectivity index (χ4n) is 8.97. The van der Waals surface area contributed by atoms with Crippen LogP contribution in [0.2, 0.25) is 0 Å². The first kappa shape index (κ1) is 39.3. The smallest absolute Gasteiger partial charge is 0.148 e. The Morgan fingerprint density at radius 2 is 1.17 bits per heavy atom. The van der Waals surface area contributed by atoms with E-state index in [1.807, 2.05) is 116 Å². The van der Waals surface area contributed by atoms with Gasteiger partial charge in [-0.3, -0.25) is 9.55 Å². The number of benzene rings is 8. The van der Waals surface area contributed by atoms with Gasteiger partial charge in [0.1, 0.15) is 11.6 Å². The summed E-state index contributed by atoms with van der Waals surface area (Å²) >= 11 is 0. The number of hydrogen-bond donors (Lipinski definition) is 1. The van der Waals surface area contributed by atoms with E-state index >= 15 is 0 Å². The van der Waals surface area contributed by atoms with Crippen molar-refractivity contribution in [2.75, 3.05) is 0 Å². The summed E-state index contributed by atoms with van der Waals surface area (Å²) in [5, 5.41) is 11.5. The van der Waals surface area contributed by atoms with E-state index in [1.165, 1.54) is 0 Å². The van der Waals surface area contributed by atoms with Crippen molar-refractivity contribution in [3.8, 4) is 89.7 Å². The van der Waals surface area contributed by atoms with Crippen LogP contribution in [0.5, 0.6) is 5.75 Å². The van der Waals surface area contributed by atoms with E-state index in [2.05, 4.69) is 92.7 Å². The maximum atomic E-state index is 11.5. The van der Waals surface area contributed by atoms with Gasteiger partial charge in [-0.25, -0.2) is 4.98 Å². The second kappa shape index (κ2) is 18.8. The van der Waals surface area contributed by atoms with Crippen molar-refractivity contribution < 1.29 is 31.7 Å². The van der Waals surface area contributed by atoms with Gasteiger partial charge in [0, 0.05) is 38.4 Å². The number of pyridine rings is 1. The number of hydrogen-bond acceptors (Lipinski definition) is 3. The number of rotatable bonds is 10. The van der Waals surface area contributed by atoms with Crippen LogP contribution >= 0.6 is 0 Å². The van der Waals surface area contributed by atoms with Gasteiger partial charge in [0.05, 0.1) is 22.3 Å². The first-order chi connectivity index (χ1) is 33.2. The predicted octanol–water partition coefficient (Wildman–Crippen LogP) is 16.1. The van der Waals surface area contributed by atoms with Crippen LogP contribution in [-0.2, 0) is 21.1 Å². The SMILES string of the molecule is [2H]C([2H])([2H])c1cc(-c2c(C(C)C)cccc2C([2H])(C)C)ccc1-n1c(-c2ccccc2O)nc2c(-c3[c-]c(-c4cc(-c5ccc(-c6ccccc6)cc5)ccn4)cc(-c4ccccc4)c3)cccc21.[Pt]. The molecule has 326 valence electrons. The third kappa shape index (κ3) is 8.46. The molecule has 0 spiro atoms. The average molecular weight is 1040 g/mol. The summed E-state index contributed by atoms with van der Waals surface area (Å²) in [7, 11) is 0. The Labute approximate surface area is 408 Å². The number of aryl methyl sites for hydroxylation is 1. The quantitative estimate of drug-likeness (QED) is 0.139. The molecule has 0 radical (unpaired) electrons. The van der Waals surface area contributed by atoms with E-state index in [0.717, 1.165) is 78.0 Å². The molecule has 66 heavy (non-hydrogen) atoms. The molecule has 0 aliphatic heterocycles. The molecule has 0 bridgehead atoms. The van der Waals surface area contributed by atoms with E-state index in [1.54, 1.807) is 24.3 Å². The summed E-state index contributed by atoms with van der Waals surface area (Å²) in [6.07, 6.45) is 1.84.